The largest absolute Gasteiger partial charge is 0.368 e. The summed E-state index contributed by atoms with van der Waals surface area (Å²) in [7, 11) is 0. The van der Waals surface area contributed by atoms with E-state index in [4.69, 9.17) is 11.6 Å². The molecule has 2 rings (SSSR count). The molecule has 82 valence electrons. The Balaban J connectivity index is 1.82. The van der Waals surface area contributed by atoms with Crippen LogP contribution in [0.15, 0.2) is 42.6 Å². The zero-order chi connectivity index (χ0) is 11.2. The second-order valence-electron chi connectivity index (χ2n) is 3.41. The number of aromatic nitrogens is 2. The monoisotopic (exact) mass is 233 g/mol. The Bertz CT molecular complexity index is 428. The first kappa shape index (κ1) is 10.9. The molecule has 0 aliphatic rings. The lowest BCUT2D eigenvalue weighted by molar-refractivity contribution is 0.967. The number of benzene rings is 1. The summed E-state index contributed by atoms with van der Waals surface area (Å²) in [6.45, 7) is 0.834. The molecule has 1 heterocycles. The van der Waals surface area contributed by atoms with Crippen LogP contribution in [0.3, 0.4) is 0 Å². The van der Waals surface area contributed by atoms with Gasteiger partial charge < -0.3 is 5.32 Å². The van der Waals surface area contributed by atoms with Gasteiger partial charge in [0.1, 0.15) is 5.82 Å². The van der Waals surface area contributed by atoms with Gasteiger partial charge in [0.05, 0.1) is 0 Å². The number of hydrogen-bond acceptors (Lipinski definition) is 3. The normalized spacial score (nSPS) is 10.1. The Morgan fingerprint density at radius 3 is 2.62 bits per heavy atom. The van der Waals surface area contributed by atoms with E-state index in [9.17, 15) is 0 Å². The molecule has 1 N–H and O–H groups in total. The second-order valence-corrected chi connectivity index (χ2v) is 3.85. The molecule has 3 nitrogen and oxygen atoms in total. The molecule has 0 atom stereocenters. The van der Waals surface area contributed by atoms with Crippen LogP contribution in [0.2, 0.25) is 5.02 Å². The number of nitrogens with one attached hydrogen (secondary N) is 1. The molecule has 0 bridgehead atoms. The van der Waals surface area contributed by atoms with Crippen molar-refractivity contribution < 1.29 is 0 Å². The fourth-order valence-corrected chi connectivity index (χ4v) is 1.51. The van der Waals surface area contributed by atoms with Crippen LogP contribution in [0.5, 0.6) is 0 Å². The molecular weight excluding hydrogens is 222 g/mol. The topological polar surface area (TPSA) is 37.8 Å². The summed E-state index contributed by atoms with van der Waals surface area (Å²) in [5.74, 6) is 0.802. The summed E-state index contributed by atoms with van der Waals surface area (Å²) in [5.41, 5.74) is 1.25. The van der Waals surface area contributed by atoms with Gasteiger partial charge in [-0.2, -0.15) is 5.10 Å². The lowest BCUT2D eigenvalue weighted by atomic mass is 10.1. The zero-order valence-electron chi connectivity index (χ0n) is 8.73. The van der Waals surface area contributed by atoms with Crippen LogP contribution in [0.4, 0.5) is 5.82 Å². The molecule has 1 aromatic carbocycles. The molecule has 0 fully saturated rings. The lowest BCUT2D eigenvalue weighted by Crippen LogP contribution is -2.06. The quantitative estimate of drug-likeness (QED) is 0.883. The van der Waals surface area contributed by atoms with Crippen molar-refractivity contribution in [2.45, 2.75) is 6.42 Å². The van der Waals surface area contributed by atoms with Gasteiger partial charge in [-0.05, 0) is 36.2 Å². The Morgan fingerprint density at radius 2 is 1.94 bits per heavy atom. The fourth-order valence-electron chi connectivity index (χ4n) is 1.38. The highest BCUT2D eigenvalue weighted by Crippen LogP contribution is 2.10. The summed E-state index contributed by atoms with van der Waals surface area (Å²) in [6.07, 6.45) is 2.60. The predicted molar refractivity (Wildman–Crippen MR) is 65.7 cm³/mol. The van der Waals surface area contributed by atoms with Gasteiger partial charge >= 0.3 is 0 Å². The first-order valence-corrected chi connectivity index (χ1v) is 5.48. The maximum Gasteiger partial charge on any atom is 0.148 e. The Kier molecular flexibility index (Phi) is 3.72. The summed E-state index contributed by atoms with van der Waals surface area (Å²) in [4.78, 5) is 0. The summed E-state index contributed by atoms with van der Waals surface area (Å²) >= 11 is 5.81. The third-order valence-corrected chi connectivity index (χ3v) is 2.46. The van der Waals surface area contributed by atoms with Crippen molar-refractivity contribution >= 4 is 17.4 Å². The number of halogens is 1. The smallest absolute Gasteiger partial charge is 0.148 e. The van der Waals surface area contributed by atoms with E-state index in [0.717, 1.165) is 23.8 Å². The summed E-state index contributed by atoms with van der Waals surface area (Å²) in [6, 6.07) is 11.6. The third-order valence-electron chi connectivity index (χ3n) is 2.21. The number of hydrogen-bond donors (Lipinski definition) is 1. The number of nitrogens with zero attached hydrogens (tertiary/aromatic N) is 2. The van der Waals surface area contributed by atoms with E-state index in [2.05, 4.69) is 15.5 Å². The van der Waals surface area contributed by atoms with Gasteiger partial charge in [0.25, 0.3) is 0 Å². The van der Waals surface area contributed by atoms with Crippen molar-refractivity contribution in [1.82, 2.24) is 10.2 Å². The average Bonchev–Trinajstić information content (AvgIpc) is 2.33. The minimum absolute atomic E-state index is 0.769. The molecule has 4 heteroatoms. The first-order chi connectivity index (χ1) is 7.84. The van der Waals surface area contributed by atoms with Crippen LogP contribution < -0.4 is 5.32 Å². The zero-order valence-corrected chi connectivity index (χ0v) is 9.48. The van der Waals surface area contributed by atoms with Gasteiger partial charge in [0.15, 0.2) is 0 Å². The Labute approximate surface area is 99.5 Å². The predicted octanol–water partition coefficient (Wildman–Crippen LogP) is 2.78. The Morgan fingerprint density at radius 1 is 1.12 bits per heavy atom. The molecule has 0 aliphatic carbocycles. The van der Waals surface area contributed by atoms with Crippen LogP contribution in [0.25, 0.3) is 0 Å². The Hall–Kier alpha value is -1.61. The molecule has 0 saturated heterocycles. The van der Waals surface area contributed by atoms with Crippen molar-refractivity contribution in [3.8, 4) is 0 Å². The maximum absolute atomic E-state index is 5.81. The van der Waals surface area contributed by atoms with Crippen molar-refractivity contribution in [2.75, 3.05) is 11.9 Å². The van der Waals surface area contributed by atoms with Crippen molar-refractivity contribution in [3.05, 3.63) is 53.2 Å². The van der Waals surface area contributed by atoms with Gasteiger partial charge in [0.2, 0.25) is 0 Å². The van der Waals surface area contributed by atoms with E-state index < -0.39 is 0 Å². The molecule has 0 amide bonds. The van der Waals surface area contributed by atoms with E-state index in [1.807, 2.05) is 36.4 Å². The molecule has 0 spiro atoms. The van der Waals surface area contributed by atoms with E-state index in [1.54, 1.807) is 6.20 Å². The molecule has 0 aliphatic heterocycles. The highest BCUT2D eigenvalue weighted by Gasteiger charge is 1.94. The molecule has 0 unspecified atom stereocenters. The minimum Gasteiger partial charge on any atom is -0.368 e. The molecule has 0 saturated carbocycles. The second kappa shape index (κ2) is 5.47. The van der Waals surface area contributed by atoms with Gasteiger partial charge in [-0.1, -0.05) is 23.7 Å². The number of rotatable bonds is 4. The minimum atomic E-state index is 0.769. The van der Waals surface area contributed by atoms with Gasteiger partial charge in [-0.15, -0.1) is 5.10 Å². The third kappa shape index (κ3) is 3.21. The van der Waals surface area contributed by atoms with Gasteiger partial charge in [0, 0.05) is 17.8 Å². The molecule has 16 heavy (non-hydrogen) atoms. The molecule has 1 aromatic heterocycles. The average molecular weight is 234 g/mol. The lowest BCUT2D eigenvalue weighted by Gasteiger charge is -2.04. The van der Waals surface area contributed by atoms with Crippen LogP contribution >= 0.6 is 11.6 Å². The molecule has 0 radical (unpaired) electrons. The van der Waals surface area contributed by atoms with Crippen LogP contribution in [0.1, 0.15) is 5.56 Å². The van der Waals surface area contributed by atoms with Crippen molar-refractivity contribution in [1.29, 1.82) is 0 Å². The first-order valence-electron chi connectivity index (χ1n) is 5.10. The van der Waals surface area contributed by atoms with E-state index in [1.165, 1.54) is 5.56 Å². The number of anilines is 1. The highest BCUT2D eigenvalue weighted by molar-refractivity contribution is 6.30. The fraction of sp³-hybridized carbons (Fsp3) is 0.167. The maximum atomic E-state index is 5.81. The molecular formula is C12H12ClN3. The summed E-state index contributed by atoms with van der Waals surface area (Å²) in [5, 5.41) is 11.7. The highest BCUT2D eigenvalue weighted by atomic mass is 35.5. The van der Waals surface area contributed by atoms with Crippen LogP contribution in [-0.4, -0.2) is 16.7 Å². The summed E-state index contributed by atoms with van der Waals surface area (Å²) < 4.78 is 0. The van der Waals surface area contributed by atoms with Crippen LogP contribution in [0, 0.1) is 0 Å². The molecule has 2 aromatic rings. The van der Waals surface area contributed by atoms with Crippen molar-refractivity contribution in [2.24, 2.45) is 0 Å². The van der Waals surface area contributed by atoms with Gasteiger partial charge in [-0.3, -0.25) is 0 Å². The van der Waals surface area contributed by atoms with E-state index >= 15 is 0 Å². The SMILES string of the molecule is Clc1ccc(CCNc2cccnn2)cc1. The van der Waals surface area contributed by atoms with E-state index in [-0.39, 0.29) is 0 Å². The standard InChI is InChI=1S/C12H12ClN3/c13-11-5-3-10(4-6-11)7-9-14-12-2-1-8-15-16-12/h1-6,8H,7,9H2,(H,14,16). The van der Waals surface area contributed by atoms with Crippen LogP contribution in [-0.2, 0) is 6.42 Å². The van der Waals surface area contributed by atoms with Crippen molar-refractivity contribution in [3.63, 3.8) is 0 Å². The van der Waals surface area contributed by atoms with Gasteiger partial charge in [-0.25, -0.2) is 0 Å². The van der Waals surface area contributed by atoms with E-state index in [0.29, 0.717) is 0 Å².